The van der Waals surface area contributed by atoms with Gasteiger partial charge in [0.1, 0.15) is 11.5 Å². The van der Waals surface area contributed by atoms with Gasteiger partial charge < -0.3 is 14.9 Å². The van der Waals surface area contributed by atoms with E-state index in [0.717, 1.165) is 0 Å². The van der Waals surface area contributed by atoms with Gasteiger partial charge in [-0.2, -0.15) is 0 Å². The monoisotopic (exact) mass is 286 g/mol. The molecule has 1 aromatic rings. The van der Waals surface area contributed by atoms with Crippen LogP contribution in [0.15, 0.2) is 16.6 Å². The van der Waals surface area contributed by atoms with Gasteiger partial charge in [-0.1, -0.05) is 0 Å². The molecule has 0 aliphatic heterocycles. The van der Waals surface area contributed by atoms with E-state index < -0.39 is 11.4 Å². The van der Waals surface area contributed by atoms with Crippen LogP contribution in [0.4, 0.5) is 0 Å². The van der Waals surface area contributed by atoms with Gasteiger partial charge in [0.05, 0.1) is 17.0 Å². The first-order chi connectivity index (χ1) is 7.51. The van der Waals surface area contributed by atoms with Crippen LogP contribution >= 0.6 is 15.9 Å². The maximum absolute atomic E-state index is 11.1. The van der Waals surface area contributed by atoms with Crippen molar-refractivity contribution in [1.29, 1.82) is 0 Å². The van der Waals surface area contributed by atoms with Crippen molar-refractivity contribution >= 4 is 21.9 Å². The van der Waals surface area contributed by atoms with E-state index in [4.69, 9.17) is 9.84 Å². The van der Waals surface area contributed by atoms with E-state index in [1.807, 2.05) is 0 Å². The van der Waals surface area contributed by atoms with Crippen molar-refractivity contribution in [2.24, 2.45) is 0 Å². The predicted molar refractivity (Wildman–Crippen MR) is 60.9 cm³/mol. The van der Waals surface area contributed by atoms with Gasteiger partial charge in [-0.05, 0) is 34.8 Å². The molecule has 86 valence electrons. The number of halogens is 1. The lowest BCUT2D eigenvalue weighted by Crippen LogP contribution is -2.19. The molecule has 0 amide bonds. The van der Waals surface area contributed by atoms with Crippen LogP contribution in [-0.2, 0) is 10.2 Å². The predicted octanol–water partition coefficient (Wildman–Crippen LogP) is 2.28. The van der Waals surface area contributed by atoms with Gasteiger partial charge in [-0.3, -0.25) is 4.79 Å². The summed E-state index contributed by atoms with van der Waals surface area (Å²) >= 11 is 3.28. The largest absolute Gasteiger partial charge is 0.507 e. The highest BCUT2D eigenvalue weighted by molar-refractivity contribution is 9.10. The second-order valence-electron chi connectivity index (χ2n) is 3.89. The number of carboxylic acids is 1. The SMILES string of the molecule is COc1cc(O)c(C2(C(=O)O)CC2)cc1Br. The Hall–Kier alpha value is -1.23. The third kappa shape index (κ3) is 1.55. The van der Waals surface area contributed by atoms with Gasteiger partial charge in [0, 0.05) is 11.6 Å². The highest BCUT2D eigenvalue weighted by atomic mass is 79.9. The van der Waals surface area contributed by atoms with Crippen molar-refractivity contribution in [3.63, 3.8) is 0 Å². The molecule has 2 rings (SSSR count). The van der Waals surface area contributed by atoms with Crippen LogP contribution in [0, 0.1) is 0 Å². The average molecular weight is 287 g/mol. The van der Waals surface area contributed by atoms with Gasteiger partial charge in [0.2, 0.25) is 0 Å². The molecule has 0 heterocycles. The fourth-order valence-corrected chi connectivity index (χ4v) is 2.31. The number of phenolic OH excluding ortho intramolecular Hbond substituents is 1. The van der Waals surface area contributed by atoms with Crippen molar-refractivity contribution < 1.29 is 19.7 Å². The summed E-state index contributed by atoms with van der Waals surface area (Å²) in [5, 5.41) is 18.9. The van der Waals surface area contributed by atoms with Crippen molar-refractivity contribution in [2.75, 3.05) is 7.11 Å². The third-order valence-electron chi connectivity index (χ3n) is 2.95. The number of benzene rings is 1. The Kier molecular flexibility index (Phi) is 2.58. The molecule has 0 atom stereocenters. The first-order valence-corrected chi connectivity index (χ1v) is 5.61. The van der Waals surface area contributed by atoms with Crippen LogP contribution in [0.5, 0.6) is 11.5 Å². The summed E-state index contributed by atoms with van der Waals surface area (Å²) in [7, 11) is 1.49. The zero-order chi connectivity index (χ0) is 11.9. The zero-order valence-electron chi connectivity index (χ0n) is 8.66. The van der Waals surface area contributed by atoms with E-state index in [1.54, 1.807) is 6.07 Å². The first-order valence-electron chi connectivity index (χ1n) is 4.81. The normalized spacial score (nSPS) is 16.9. The molecule has 1 saturated carbocycles. The maximum Gasteiger partial charge on any atom is 0.314 e. The molecule has 0 spiro atoms. The van der Waals surface area contributed by atoms with E-state index in [1.165, 1.54) is 13.2 Å². The van der Waals surface area contributed by atoms with Crippen LogP contribution in [0.25, 0.3) is 0 Å². The zero-order valence-corrected chi connectivity index (χ0v) is 10.2. The molecular weight excluding hydrogens is 276 g/mol. The molecule has 1 fully saturated rings. The molecule has 4 nitrogen and oxygen atoms in total. The van der Waals surface area contributed by atoms with Crippen molar-refractivity contribution in [3.8, 4) is 11.5 Å². The fraction of sp³-hybridized carbons (Fsp3) is 0.364. The van der Waals surface area contributed by atoms with Gasteiger partial charge >= 0.3 is 5.97 Å². The summed E-state index contributed by atoms with van der Waals surface area (Å²) in [5.41, 5.74) is -0.452. The number of ether oxygens (including phenoxy) is 1. The molecule has 1 aliphatic carbocycles. The summed E-state index contributed by atoms with van der Waals surface area (Å²) < 4.78 is 5.67. The van der Waals surface area contributed by atoms with Gasteiger partial charge in [-0.25, -0.2) is 0 Å². The topological polar surface area (TPSA) is 66.8 Å². The molecule has 1 aromatic carbocycles. The Balaban J connectivity index is 2.51. The highest BCUT2D eigenvalue weighted by Crippen LogP contribution is 2.52. The van der Waals surface area contributed by atoms with Crippen molar-refractivity contribution in [3.05, 3.63) is 22.2 Å². The molecule has 0 radical (unpaired) electrons. The van der Waals surface area contributed by atoms with E-state index in [0.29, 0.717) is 28.6 Å². The van der Waals surface area contributed by atoms with E-state index in [-0.39, 0.29) is 5.75 Å². The third-order valence-corrected chi connectivity index (χ3v) is 3.56. The first kappa shape index (κ1) is 11.3. The Bertz CT molecular complexity index is 452. The summed E-state index contributed by atoms with van der Waals surface area (Å²) in [4.78, 5) is 11.1. The van der Waals surface area contributed by atoms with E-state index >= 15 is 0 Å². The molecule has 16 heavy (non-hydrogen) atoms. The van der Waals surface area contributed by atoms with Crippen LogP contribution in [0.3, 0.4) is 0 Å². The van der Waals surface area contributed by atoms with Gasteiger partial charge in [0.25, 0.3) is 0 Å². The minimum atomic E-state index is -0.904. The average Bonchev–Trinajstić information content (AvgIpc) is 3.01. The molecule has 0 aromatic heterocycles. The van der Waals surface area contributed by atoms with Crippen LogP contribution < -0.4 is 4.74 Å². The number of aliphatic carboxylic acids is 1. The lowest BCUT2D eigenvalue weighted by molar-refractivity contribution is -0.140. The minimum absolute atomic E-state index is 0.0278. The van der Waals surface area contributed by atoms with Crippen LogP contribution in [0.1, 0.15) is 18.4 Å². The minimum Gasteiger partial charge on any atom is -0.507 e. The van der Waals surface area contributed by atoms with Crippen molar-refractivity contribution in [1.82, 2.24) is 0 Å². The number of carbonyl (C=O) groups is 1. The van der Waals surface area contributed by atoms with Gasteiger partial charge in [-0.15, -0.1) is 0 Å². The number of rotatable bonds is 3. The Morgan fingerprint density at radius 2 is 2.12 bits per heavy atom. The highest BCUT2D eigenvalue weighted by Gasteiger charge is 2.53. The second-order valence-corrected chi connectivity index (χ2v) is 4.75. The fourth-order valence-electron chi connectivity index (χ4n) is 1.81. The number of phenols is 1. The van der Waals surface area contributed by atoms with Crippen LogP contribution in [0.2, 0.25) is 0 Å². The molecule has 1 aliphatic rings. The number of hydrogen-bond acceptors (Lipinski definition) is 3. The van der Waals surface area contributed by atoms with Gasteiger partial charge in [0.15, 0.2) is 0 Å². The molecule has 0 unspecified atom stereocenters. The smallest absolute Gasteiger partial charge is 0.314 e. The number of carboxylic acid groups (broad SMARTS) is 1. The second kappa shape index (κ2) is 3.66. The summed E-state index contributed by atoms with van der Waals surface area (Å²) in [6, 6.07) is 3.05. The lowest BCUT2D eigenvalue weighted by Gasteiger charge is -2.14. The lowest BCUT2D eigenvalue weighted by atomic mass is 9.95. The van der Waals surface area contributed by atoms with E-state index in [9.17, 15) is 9.90 Å². The molecule has 2 N–H and O–H groups in total. The number of methoxy groups -OCH3 is 1. The Morgan fingerprint density at radius 1 is 1.50 bits per heavy atom. The van der Waals surface area contributed by atoms with E-state index in [2.05, 4.69) is 15.9 Å². The molecule has 0 saturated heterocycles. The Labute approximate surface area is 101 Å². The number of aromatic hydroxyl groups is 1. The summed E-state index contributed by atoms with van der Waals surface area (Å²) in [5.74, 6) is -0.428. The quantitative estimate of drug-likeness (QED) is 0.895. The standard InChI is InChI=1S/C11H11BrO4/c1-16-9-5-8(13)6(4-7(9)12)11(2-3-11)10(14)15/h4-5,13H,2-3H2,1H3,(H,14,15). The van der Waals surface area contributed by atoms with Crippen LogP contribution in [-0.4, -0.2) is 23.3 Å². The summed E-state index contributed by atoms with van der Waals surface area (Å²) in [6.07, 6.45) is 1.13. The molecular formula is C11H11BrO4. The molecule has 0 bridgehead atoms. The van der Waals surface area contributed by atoms with Crippen molar-refractivity contribution in [2.45, 2.75) is 18.3 Å². The summed E-state index contributed by atoms with van der Waals surface area (Å²) in [6.45, 7) is 0. The number of hydrogen-bond donors (Lipinski definition) is 2. The molecule has 5 heteroatoms. The Morgan fingerprint density at radius 3 is 2.56 bits per heavy atom. The maximum atomic E-state index is 11.1.